The molecule has 0 heterocycles. The van der Waals surface area contributed by atoms with Crippen molar-refractivity contribution in [2.75, 3.05) is 6.54 Å². The highest BCUT2D eigenvalue weighted by Crippen LogP contribution is 1.92. The summed E-state index contributed by atoms with van der Waals surface area (Å²) in [6.07, 6.45) is 2.23. The molecule has 4 heteroatoms. The first-order valence-corrected chi connectivity index (χ1v) is 4.01. The number of carboxylic acids is 1. The molecular weight excluding hydrogens is 156 g/mol. The van der Waals surface area contributed by atoms with Crippen LogP contribution in [0.3, 0.4) is 0 Å². The third-order valence-electron chi connectivity index (χ3n) is 1.54. The van der Waals surface area contributed by atoms with Crippen LogP contribution in [-0.2, 0) is 4.79 Å². The van der Waals surface area contributed by atoms with Gasteiger partial charge in [0.2, 0.25) is 0 Å². The van der Waals surface area contributed by atoms with E-state index in [4.69, 9.17) is 10.4 Å². The number of hydrogen-bond donors (Lipinski definition) is 2. The molecule has 1 atom stereocenters. The van der Waals surface area contributed by atoms with E-state index in [9.17, 15) is 4.79 Å². The summed E-state index contributed by atoms with van der Waals surface area (Å²) in [4.78, 5) is 10.3. The van der Waals surface area contributed by atoms with Gasteiger partial charge in [0.05, 0.1) is 6.07 Å². The summed E-state index contributed by atoms with van der Waals surface area (Å²) in [5.41, 5.74) is 0. The number of nitrogens with zero attached hydrogens (tertiary/aromatic N) is 1. The Labute approximate surface area is 72.2 Å². The van der Waals surface area contributed by atoms with Crippen molar-refractivity contribution in [2.24, 2.45) is 0 Å². The van der Waals surface area contributed by atoms with Crippen LogP contribution in [0.5, 0.6) is 0 Å². The number of aliphatic carboxylic acids is 1. The number of hydrogen-bond acceptors (Lipinski definition) is 3. The van der Waals surface area contributed by atoms with E-state index in [0.29, 0.717) is 13.0 Å². The molecule has 0 fully saturated rings. The fourth-order valence-electron chi connectivity index (χ4n) is 0.735. The number of rotatable bonds is 6. The molecule has 0 saturated heterocycles. The standard InChI is InChI=1S/C8H14N2O2/c1-7(8(11)12)10-6-4-2-3-5-9/h7,10H,2-4,6H2,1H3,(H,11,12)/t7-/m0/s1. The Hall–Kier alpha value is -1.08. The summed E-state index contributed by atoms with van der Waals surface area (Å²) < 4.78 is 0. The van der Waals surface area contributed by atoms with Crippen LogP contribution >= 0.6 is 0 Å². The van der Waals surface area contributed by atoms with E-state index in [0.717, 1.165) is 12.8 Å². The molecule has 0 radical (unpaired) electrons. The number of nitrogens with one attached hydrogen (secondary N) is 1. The zero-order chi connectivity index (χ0) is 9.40. The van der Waals surface area contributed by atoms with Gasteiger partial charge in [-0.05, 0) is 26.3 Å². The van der Waals surface area contributed by atoms with Crippen LogP contribution in [0.2, 0.25) is 0 Å². The molecular formula is C8H14N2O2. The van der Waals surface area contributed by atoms with Gasteiger partial charge in [0.1, 0.15) is 6.04 Å². The number of carboxylic acid groups (broad SMARTS) is 1. The SMILES string of the molecule is C[C@H](NCCCCC#N)C(=O)O. The Balaban J connectivity index is 3.21. The van der Waals surface area contributed by atoms with Gasteiger partial charge in [0.15, 0.2) is 0 Å². The van der Waals surface area contributed by atoms with Crippen molar-refractivity contribution in [3.05, 3.63) is 0 Å². The van der Waals surface area contributed by atoms with Gasteiger partial charge in [-0.3, -0.25) is 4.79 Å². The Morgan fingerprint density at radius 2 is 2.33 bits per heavy atom. The quantitative estimate of drug-likeness (QED) is 0.577. The molecule has 0 rings (SSSR count). The zero-order valence-electron chi connectivity index (χ0n) is 7.21. The maximum Gasteiger partial charge on any atom is 0.320 e. The molecule has 0 unspecified atom stereocenters. The second-order valence-electron chi connectivity index (χ2n) is 2.63. The van der Waals surface area contributed by atoms with Crippen molar-refractivity contribution in [2.45, 2.75) is 32.2 Å². The summed E-state index contributed by atoms with van der Waals surface area (Å²) in [6.45, 7) is 2.27. The van der Waals surface area contributed by atoms with Crippen molar-refractivity contribution in [1.82, 2.24) is 5.32 Å². The molecule has 0 aliphatic carbocycles. The zero-order valence-corrected chi connectivity index (χ0v) is 7.21. The van der Waals surface area contributed by atoms with Crippen LogP contribution in [0.25, 0.3) is 0 Å². The largest absolute Gasteiger partial charge is 0.480 e. The predicted molar refractivity (Wildman–Crippen MR) is 44.6 cm³/mol. The normalized spacial score (nSPS) is 12.0. The van der Waals surface area contributed by atoms with Crippen molar-refractivity contribution >= 4 is 5.97 Å². The van der Waals surface area contributed by atoms with Crippen LogP contribution in [0, 0.1) is 11.3 Å². The molecule has 0 aliphatic heterocycles. The van der Waals surface area contributed by atoms with E-state index >= 15 is 0 Å². The summed E-state index contributed by atoms with van der Waals surface area (Å²) in [7, 11) is 0. The summed E-state index contributed by atoms with van der Waals surface area (Å²) in [5.74, 6) is -0.838. The van der Waals surface area contributed by atoms with Crippen LogP contribution in [-0.4, -0.2) is 23.7 Å². The van der Waals surface area contributed by atoms with Gasteiger partial charge >= 0.3 is 5.97 Å². The number of nitriles is 1. The van der Waals surface area contributed by atoms with Crippen molar-refractivity contribution in [3.8, 4) is 6.07 Å². The van der Waals surface area contributed by atoms with Gasteiger partial charge in [-0.15, -0.1) is 0 Å². The number of unbranched alkanes of at least 4 members (excludes halogenated alkanes) is 2. The lowest BCUT2D eigenvalue weighted by Crippen LogP contribution is -2.34. The van der Waals surface area contributed by atoms with E-state index < -0.39 is 12.0 Å². The lowest BCUT2D eigenvalue weighted by atomic mass is 10.2. The van der Waals surface area contributed by atoms with Gasteiger partial charge in [-0.2, -0.15) is 5.26 Å². The first kappa shape index (κ1) is 10.9. The minimum atomic E-state index is -0.838. The molecule has 0 aromatic rings. The topological polar surface area (TPSA) is 73.1 Å². The second-order valence-corrected chi connectivity index (χ2v) is 2.63. The summed E-state index contributed by atoms with van der Waals surface area (Å²) in [5, 5.41) is 19.5. The van der Waals surface area contributed by atoms with Crippen LogP contribution in [0.1, 0.15) is 26.2 Å². The Morgan fingerprint density at radius 1 is 1.67 bits per heavy atom. The van der Waals surface area contributed by atoms with Crippen molar-refractivity contribution in [3.63, 3.8) is 0 Å². The average Bonchev–Trinajstić information content (AvgIpc) is 2.03. The van der Waals surface area contributed by atoms with E-state index in [2.05, 4.69) is 5.32 Å². The first-order valence-electron chi connectivity index (χ1n) is 4.01. The number of carbonyl (C=O) groups is 1. The molecule has 0 bridgehead atoms. The minimum Gasteiger partial charge on any atom is -0.480 e. The van der Waals surface area contributed by atoms with Gasteiger partial charge in [0, 0.05) is 6.42 Å². The molecule has 0 amide bonds. The first-order chi connectivity index (χ1) is 5.68. The molecule has 12 heavy (non-hydrogen) atoms. The summed E-state index contributed by atoms with van der Waals surface area (Å²) >= 11 is 0. The Morgan fingerprint density at radius 3 is 2.83 bits per heavy atom. The van der Waals surface area contributed by atoms with Gasteiger partial charge in [-0.1, -0.05) is 0 Å². The highest BCUT2D eigenvalue weighted by Gasteiger charge is 2.07. The van der Waals surface area contributed by atoms with Crippen molar-refractivity contribution in [1.29, 1.82) is 5.26 Å². The van der Waals surface area contributed by atoms with Crippen LogP contribution < -0.4 is 5.32 Å². The van der Waals surface area contributed by atoms with Crippen molar-refractivity contribution < 1.29 is 9.90 Å². The van der Waals surface area contributed by atoms with Gasteiger partial charge in [0.25, 0.3) is 0 Å². The lowest BCUT2D eigenvalue weighted by Gasteiger charge is -2.07. The smallest absolute Gasteiger partial charge is 0.320 e. The summed E-state index contributed by atoms with van der Waals surface area (Å²) in [6, 6.07) is 1.54. The van der Waals surface area contributed by atoms with Crippen LogP contribution in [0.4, 0.5) is 0 Å². The highest BCUT2D eigenvalue weighted by molar-refractivity contribution is 5.72. The average molecular weight is 170 g/mol. The third-order valence-corrected chi connectivity index (χ3v) is 1.54. The molecule has 0 aromatic carbocycles. The van der Waals surface area contributed by atoms with E-state index in [1.165, 1.54) is 0 Å². The fraction of sp³-hybridized carbons (Fsp3) is 0.750. The van der Waals surface area contributed by atoms with E-state index in [-0.39, 0.29) is 0 Å². The molecule has 2 N–H and O–H groups in total. The maximum atomic E-state index is 10.3. The molecule has 0 saturated carbocycles. The Bertz CT molecular complexity index is 174. The second kappa shape index (κ2) is 6.62. The van der Waals surface area contributed by atoms with Gasteiger partial charge in [-0.25, -0.2) is 0 Å². The Kier molecular flexibility index (Phi) is 6.02. The maximum absolute atomic E-state index is 10.3. The highest BCUT2D eigenvalue weighted by atomic mass is 16.4. The lowest BCUT2D eigenvalue weighted by molar-refractivity contribution is -0.138. The molecule has 0 spiro atoms. The van der Waals surface area contributed by atoms with Gasteiger partial charge < -0.3 is 10.4 Å². The van der Waals surface area contributed by atoms with E-state index in [1.807, 2.05) is 6.07 Å². The molecule has 68 valence electrons. The molecule has 0 aliphatic rings. The van der Waals surface area contributed by atoms with Crippen LogP contribution in [0.15, 0.2) is 0 Å². The minimum absolute atomic E-state index is 0.493. The fourth-order valence-corrected chi connectivity index (χ4v) is 0.735. The monoisotopic (exact) mass is 170 g/mol. The molecule has 4 nitrogen and oxygen atoms in total. The molecule has 0 aromatic heterocycles. The van der Waals surface area contributed by atoms with E-state index in [1.54, 1.807) is 6.92 Å². The predicted octanol–water partition coefficient (Wildman–Crippen LogP) is 0.743. The third kappa shape index (κ3) is 5.69.